The van der Waals surface area contributed by atoms with Crippen LogP contribution in [0.1, 0.15) is 34.2 Å². The summed E-state index contributed by atoms with van der Waals surface area (Å²) in [6, 6.07) is 18.2. The van der Waals surface area contributed by atoms with Gasteiger partial charge in [0.15, 0.2) is 0 Å². The molecule has 0 saturated carbocycles. The summed E-state index contributed by atoms with van der Waals surface area (Å²) in [4.78, 5) is 0. The summed E-state index contributed by atoms with van der Waals surface area (Å²) in [5.74, 6) is 0.645. The van der Waals surface area contributed by atoms with Gasteiger partial charge in [0.25, 0.3) is 0 Å². The van der Waals surface area contributed by atoms with Crippen LogP contribution in [0.5, 0.6) is 0 Å². The van der Waals surface area contributed by atoms with Crippen LogP contribution in [0.4, 0.5) is 0 Å². The van der Waals surface area contributed by atoms with Gasteiger partial charge in [0, 0.05) is 12.5 Å². The number of hydrogen-bond donors (Lipinski definition) is 1. The number of benzene rings is 2. The third kappa shape index (κ3) is 1.29. The lowest BCUT2D eigenvalue weighted by molar-refractivity contribution is 0.520. The highest BCUT2D eigenvalue weighted by atomic mass is 14.9. The Labute approximate surface area is 101 Å². The molecule has 0 aromatic heterocycles. The molecule has 17 heavy (non-hydrogen) atoms. The van der Waals surface area contributed by atoms with Crippen LogP contribution in [0.2, 0.25) is 0 Å². The molecule has 2 bridgehead atoms. The van der Waals surface area contributed by atoms with Crippen molar-refractivity contribution in [2.24, 2.45) is 0 Å². The van der Waals surface area contributed by atoms with Gasteiger partial charge < -0.3 is 5.32 Å². The average Bonchev–Trinajstić information content (AvgIpc) is 2.66. The van der Waals surface area contributed by atoms with Crippen molar-refractivity contribution < 1.29 is 0 Å². The predicted molar refractivity (Wildman–Crippen MR) is 69.2 cm³/mol. The topological polar surface area (TPSA) is 12.0 Å². The van der Waals surface area contributed by atoms with E-state index in [-0.39, 0.29) is 0 Å². The minimum atomic E-state index is 0.404. The van der Waals surface area contributed by atoms with Crippen LogP contribution >= 0.6 is 0 Å². The maximum Gasteiger partial charge on any atom is 0.0582 e. The van der Waals surface area contributed by atoms with E-state index in [2.05, 4.69) is 53.8 Å². The van der Waals surface area contributed by atoms with Gasteiger partial charge in [-0.05, 0) is 28.7 Å². The second kappa shape index (κ2) is 3.44. The summed E-state index contributed by atoms with van der Waals surface area (Å²) in [6.45, 7) is 1.11. The fourth-order valence-corrected chi connectivity index (χ4v) is 3.35. The average molecular weight is 221 g/mol. The molecule has 84 valence electrons. The third-order valence-electron chi connectivity index (χ3n) is 4.15. The Morgan fingerprint density at radius 2 is 1.53 bits per heavy atom. The SMILES string of the molecule is c1ccc2c(c1)CC1CNC2c2ccccc21. The molecule has 2 atom stereocenters. The van der Waals surface area contributed by atoms with E-state index in [1.165, 1.54) is 23.1 Å². The smallest absolute Gasteiger partial charge is 0.0582 e. The van der Waals surface area contributed by atoms with Gasteiger partial charge in [0.1, 0.15) is 0 Å². The van der Waals surface area contributed by atoms with Crippen molar-refractivity contribution >= 4 is 0 Å². The molecule has 0 fully saturated rings. The summed E-state index contributed by atoms with van der Waals surface area (Å²) in [7, 11) is 0. The van der Waals surface area contributed by atoms with Gasteiger partial charge in [-0.15, -0.1) is 0 Å². The lowest BCUT2D eigenvalue weighted by atomic mass is 9.87. The molecule has 0 saturated heterocycles. The van der Waals surface area contributed by atoms with E-state index in [0.717, 1.165) is 6.54 Å². The van der Waals surface area contributed by atoms with Crippen molar-refractivity contribution in [3.63, 3.8) is 0 Å². The molecule has 1 heteroatoms. The summed E-state index contributed by atoms with van der Waals surface area (Å²) in [6.07, 6.45) is 1.18. The fraction of sp³-hybridized carbons (Fsp3) is 0.250. The fourth-order valence-electron chi connectivity index (χ4n) is 3.35. The molecule has 2 aromatic rings. The molecule has 2 unspecified atom stereocenters. The molecule has 0 radical (unpaired) electrons. The van der Waals surface area contributed by atoms with Crippen molar-refractivity contribution in [2.75, 3.05) is 6.54 Å². The molecule has 5 rings (SSSR count). The van der Waals surface area contributed by atoms with Crippen LogP contribution < -0.4 is 5.32 Å². The van der Waals surface area contributed by atoms with Crippen molar-refractivity contribution in [2.45, 2.75) is 18.4 Å². The minimum Gasteiger partial charge on any atom is -0.306 e. The van der Waals surface area contributed by atoms with Crippen LogP contribution in [0.3, 0.4) is 0 Å². The summed E-state index contributed by atoms with van der Waals surface area (Å²) >= 11 is 0. The zero-order valence-corrected chi connectivity index (χ0v) is 9.69. The van der Waals surface area contributed by atoms with E-state index < -0.39 is 0 Å². The summed E-state index contributed by atoms with van der Waals surface area (Å²) in [5, 5.41) is 3.69. The van der Waals surface area contributed by atoms with Gasteiger partial charge in [-0.1, -0.05) is 48.5 Å². The molecular formula is C16H15N. The van der Waals surface area contributed by atoms with Crippen molar-refractivity contribution in [1.82, 2.24) is 5.32 Å². The van der Waals surface area contributed by atoms with Gasteiger partial charge in [-0.3, -0.25) is 0 Å². The van der Waals surface area contributed by atoms with Crippen molar-refractivity contribution in [1.29, 1.82) is 0 Å². The molecule has 1 nitrogen and oxygen atoms in total. The van der Waals surface area contributed by atoms with E-state index in [0.29, 0.717) is 12.0 Å². The summed E-state index contributed by atoms with van der Waals surface area (Å²) in [5.41, 5.74) is 6.02. The second-order valence-corrected chi connectivity index (χ2v) is 5.07. The number of nitrogens with one attached hydrogen (secondary N) is 1. The van der Waals surface area contributed by atoms with E-state index in [4.69, 9.17) is 0 Å². The Bertz CT molecular complexity index is 573. The number of hydrogen-bond acceptors (Lipinski definition) is 1. The van der Waals surface area contributed by atoms with E-state index in [1.54, 1.807) is 5.56 Å². The number of rotatable bonds is 0. The van der Waals surface area contributed by atoms with Gasteiger partial charge in [-0.25, -0.2) is 0 Å². The van der Waals surface area contributed by atoms with Crippen LogP contribution in [0.15, 0.2) is 48.5 Å². The van der Waals surface area contributed by atoms with Crippen LogP contribution in [0, 0.1) is 0 Å². The lowest BCUT2D eigenvalue weighted by Gasteiger charge is -2.29. The maximum atomic E-state index is 3.69. The molecule has 2 heterocycles. The molecule has 1 aliphatic carbocycles. The highest BCUT2D eigenvalue weighted by molar-refractivity contribution is 5.48. The van der Waals surface area contributed by atoms with Crippen LogP contribution in [-0.2, 0) is 6.42 Å². The summed E-state index contributed by atoms with van der Waals surface area (Å²) < 4.78 is 0. The molecule has 0 amide bonds. The van der Waals surface area contributed by atoms with Gasteiger partial charge >= 0.3 is 0 Å². The van der Waals surface area contributed by atoms with Gasteiger partial charge in [-0.2, -0.15) is 0 Å². The molecular weight excluding hydrogens is 206 g/mol. The molecule has 1 N–H and O–H groups in total. The van der Waals surface area contributed by atoms with Gasteiger partial charge in [0.2, 0.25) is 0 Å². The van der Waals surface area contributed by atoms with Crippen molar-refractivity contribution in [3.8, 4) is 0 Å². The molecule has 2 aliphatic heterocycles. The quantitative estimate of drug-likeness (QED) is 0.721. The Morgan fingerprint density at radius 3 is 2.41 bits per heavy atom. The molecule has 3 aliphatic rings. The first-order valence-corrected chi connectivity index (χ1v) is 6.33. The number of fused-ring (bicyclic) bond motifs is 1. The molecule has 2 aromatic carbocycles. The first kappa shape index (κ1) is 9.43. The van der Waals surface area contributed by atoms with Crippen LogP contribution in [0.25, 0.3) is 0 Å². The lowest BCUT2D eigenvalue weighted by Crippen LogP contribution is -2.31. The molecule has 0 spiro atoms. The monoisotopic (exact) mass is 221 g/mol. The first-order chi connectivity index (χ1) is 8.43. The third-order valence-corrected chi connectivity index (χ3v) is 4.15. The van der Waals surface area contributed by atoms with E-state index in [9.17, 15) is 0 Å². The van der Waals surface area contributed by atoms with Gasteiger partial charge in [0.05, 0.1) is 6.04 Å². The highest BCUT2D eigenvalue weighted by Crippen LogP contribution is 2.40. The Morgan fingerprint density at radius 1 is 0.824 bits per heavy atom. The van der Waals surface area contributed by atoms with Crippen molar-refractivity contribution in [3.05, 3.63) is 70.8 Å². The highest BCUT2D eigenvalue weighted by Gasteiger charge is 2.32. The van der Waals surface area contributed by atoms with E-state index >= 15 is 0 Å². The largest absolute Gasteiger partial charge is 0.306 e. The minimum absolute atomic E-state index is 0.404. The van der Waals surface area contributed by atoms with E-state index in [1.807, 2.05) is 0 Å². The predicted octanol–water partition coefficient (Wildman–Crippen LogP) is 3.02. The Hall–Kier alpha value is -1.60. The first-order valence-electron chi connectivity index (χ1n) is 6.33. The standard InChI is InChI=1S/C16H15N/c1-2-7-14-11(5-1)9-12-10-17-16(14)15-8-4-3-6-13(12)15/h1-8,12,16-17H,9-10H2. The van der Waals surface area contributed by atoms with Crippen LogP contribution in [-0.4, -0.2) is 6.54 Å². The normalized spacial score (nSPS) is 24.9. The Balaban J connectivity index is 2.00. The Kier molecular flexibility index (Phi) is 1.91. The zero-order valence-electron chi connectivity index (χ0n) is 9.69. The maximum absolute atomic E-state index is 3.69. The zero-order chi connectivity index (χ0) is 11.2. The second-order valence-electron chi connectivity index (χ2n) is 5.07.